The Balaban J connectivity index is 2.88. The summed E-state index contributed by atoms with van der Waals surface area (Å²) < 4.78 is 0.958. The zero-order valence-corrected chi connectivity index (χ0v) is 8.45. The van der Waals surface area contributed by atoms with Crippen LogP contribution in [0.1, 0.15) is 18.6 Å². The zero-order valence-electron chi connectivity index (χ0n) is 6.87. The van der Waals surface area contributed by atoms with E-state index in [1.165, 1.54) is 0 Å². The van der Waals surface area contributed by atoms with Crippen molar-refractivity contribution < 1.29 is 5.11 Å². The van der Waals surface area contributed by atoms with Crippen LogP contribution in [0.5, 0.6) is 0 Å². The number of aliphatic hydroxyl groups is 1. The highest BCUT2D eigenvalue weighted by Crippen LogP contribution is 2.19. The van der Waals surface area contributed by atoms with Gasteiger partial charge in [0.25, 0.3) is 0 Å². The minimum Gasteiger partial charge on any atom is -0.387 e. The summed E-state index contributed by atoms with van der Waals surface area (Å²) in [4.78, 5) is 0. The Labute approximate surface area is 80.5 Å². The highest BCUT2D eigenvalue weighted by molar-refractivity contribution is 9.10. The molecular formula is C9H12BrNO. The fourth-order valence-electron chi connectivity index (χ4n) is 0.994. The molecule has 0 fully saturated rings. The molecule has 1 rings (SSSR count). The van der Waals surface area contributed by atoms with E-state index in [1.54, 1.807) is 6.92 Å². The number of hydrogen-bond donors (Lipinski definition) is 2. The highest BCUT2D eigenvalue weighted by Gasteiger charge is 2.11. The molecule has 0 saturated heterocycles. The second-order valence-electron chi connectivity index (χ2n) is 2.86. The van der Waals surface area contributed by atoms with Crippen LogP contribution in [0.15, 0.2) is 28.7 Å². The molecule has 0 spiro atoms. The van der Waals surface area contributed by atoms with E-state index < -0.39 is 6.10 Å². The van der Waals surface area contributed by atoms with Crippen LogP contribution >= 0.6 is 15.9 Å². The molecule has 2 atom stereocenters. The van der Waals surface area contributed by atoms with E-state index in [9.17, 15) is 5.11 Å². The molecule has 0 heterocycles. The van der Waals surface area contributed by atoms with Gasteiger partial charge in [0, 0.05) is 10.5 Å². The molecule has 0 aliphatic heterocycles. The molecule has 0 aliphatic carbocycles. The molecular weight excluding hydrogens is 218 g/mol. The molecule has 0 radical (unpaired) electrons. The van der Waals surface area contributed by atoms with Crippen LogP contribution in [0, 0.1) is 0 Å². The van der Waals surface area contributed by atoms with Gasteiger partial charge in [-0.15, -0.1) is 0 Å². The van der Waals surface area contributed by atoms with Crippen molar-refractivity contribution in [3.05, 3.63) is 34.3 Å². The van der Waals surface area contributed by atoms with Crippen LogP contribution in [0.4, 0.5) is 0 Å². The van der Waals surface area contributed by atoms with Gasteiger partial charge in [0.15, 0.2) is 0 Å². The molecule has 2 nitrogen and oxygen atoms in total. The van der Waals surface area contributed by atoms with Crippen LogP contribution in [0.3, 0.4) is 0 Å². The molecule has 1 aromatic carbocycles. The largest absolute Gasteiger partial charge is 0.387 e. The summed E-state index contributed by atoms with van der Waals surface area (Å²) >= 11 is 3.33. The quantitative estimate of drug-likeness (QED) is 0.814. The maximum Gasteiger partial charge on any atom is 0.0938 e. The van der Waals surface area contributed by atoms with Crippen molar-refractivity contribution in [3.63, 3.8) is 0 Å². The summed E-state index contributed by atoms with van der Waals surface area (Å²) in [5.74, 6) is 0. The van der Waals surface area contributed by atoms with Crippen molar-refractivity contribution >= 4 is 15.9 Å². The Hall–Kier alpha value is -0.380. The number of hydrogen-bond acceptors (Lipinski definition) is 2. The van der Waals surface area contributed by atoms with Crippen LogP contribution in [0.25, 0.3) is 0 Å². The average Bonchev–Trinajstić information content (AvgIpc) is 2.03. The molecule has 3 heteroatoms. The van der Waals surface area contributed by atoms with E-state index in [0.717, 1.165) is 10.0 Å². The molecule has 3 N–H and O–H groups in total. The molecule has 2 unspecified atom stereocenters. The minimum absolute atomic E-state index is 0.237. The summed E-state index contributed by atoms with van der Waals surface area (Å²) in [5, 5.41) is 9.58. The lowest BCUT2D eigenvalue weighted by atomic mass is 10.0. The van der Waals surface area contributed by atoms with E-state index in [2.05, 4.69) is 15.9 Å². The maximum absolute atomic E-state index is 9.58. The molecule has 1 aromatic rings. The molecule has 0 aromatic heterocycles. The van der Waals surface area contributed by atoms with Gasteiger partial charge in [0.05, 0.1) is 6.10 Å². The van der Waals surface area contributed by atoms with Crippen LogP contribution in [-0.4, -0.2) is 11.1 Å². The molecule has 66 valence electrons. The van der Waals surface area contributed by atoms with Gasteiger partial charge in [0.2, 0.25) is 0 Å². The van der Waals surface area contributed by atoms with Crippen LogP contribution in [0.2, 0.25) is 0 Å². The van der Waals surface area contributed by atoms with Gasteiger partial charge < -0.3 is 10.8 Å². The van der Waals surface area contributed by atoms with Crippen molar-refractivity contribution in [2.75, 3.05) is 0 Å². The molecule has 0 bridgehead atoms. The van der Waals surface area contributed by atoms with Crippen molar-refractivity contribution in [2.24, 2.45) is 5.73 Å². The number of aliphatic hydroxyl groups excluding tert-OH is 1. The molecule has 0 aliphatic rings. The van der Waals surface area contributed by atoms with E-state index in [-0.39, 0.29) is 6.04 Å². The Morgan fingerprint density at radius 1 is 1.50 bits per heavy atom. The Bertz CT molecular complexity index is 262. The van der Waals surface area contributed by atoms with Crippen molar-refractivity contribution in [2.45, 2.75) is 19.1 Å². The minimum atomic E-state index is -0.581. The van der Waals surface area contributed by atoms with Crippen molar-refractivity contribution in [1.82, 2.24) is 0 Å². The maximum atomic E-state index is 9.58. The van der Waals surface area contributed by atoms with Crippen LogP contribution < -0.4 is 5.73 Å². The van der Waals surface area contributed by atoms with Crippen molar-refractivity contribution in [1.29, 1.82) is 0 Å². The van der Waals surface area contributed by atoms with Crippen molar-refractivity contribution in [3.8, 4) is 0 Å². The van der Waals surface area contributed by atoms with Crippen LogP contribution in [-0.2, 0) is 0 Å². The third-order valence-corrected chi connectivity index (χ3v) is 2.18. The van der Waals surface area contributed by atoms with Gasteiger partial charge in [-0.1, -0.05) is 28.1 Å². The van der Waals surface area contributed by atoms with Gasteiger partial charge in [0.1, 0.15) is 0 Å². The first kappa shape index (κ1) is 9.71. The van der Waals surface area contributed by atoms with Gasteiger partial charge in [-0.2, -0.15) is 0 Å². The van der Waals surface area contributed by atoms with Gasteiger partial charge in [-0.3, -0.25) is 0 Å². The molecule has 0 amide bonds. The highest BCUT2D eigenvalue weighted by atomic mass is 79.9. The fraction of sp³-hybridized carbons (Fsp3) is 0.333. The smallest absolute Gasteiger partial charge is 0.0938 e. The summed E-state index contributed by atoms with van der Waals surface area (Å²) in [6, 6.07) is 7.29. The lowest BCUT2D eigenvalue weighted by molar-refractivity contribution is 0.153. The first-order chi connectivity index (χ1) is 5.61. The number of halogens is 1. The average molecular weight is 230 g/mol. The summed E-state index contributed by atoms with van der Waals surface area (Å²) in [6.07, 6.45) is -0.581. The van der Waals surface area contributed by atoms with E-state index >= 15 is 0 Å². The second-order valence-corrected chi connectivity index (χ2v) is 3.77. The number of nitrogens with two attached hydrogens (primary N) is 1. The third kappa shape index (κ3) is 2.30. The first-order valence-electron chi connectivity index (χ1n) is 3.80. The zero-order chi connectivity index (χ0) is 9.14. The predicted octanol–water partition coefficient (Wildman–Crippen LogP) is 1.83. The Kier molecular flexibility index (Phi) is 3.26. The normalized spacial score (nSPS) is 15.7. The fourth-order valence-corrected chi connectivity index (χ4v) is 1.41. The number of rotatable bonds is 2. The van der Waals surface area contributed by atoms with E-state index in [1.807, 2.05) is 24.3 Å². The third-order valence-electron chi connectivity index (χ3n) is 1.69. The first-order valence-corrected chi connectivity index (χ1v) is 4.59. The van der Waals surface area contributed by atoms with Gasteiger partial charge >= 0.3 is 0 Å². The Morgan fingerprint density at radius 2 is 2.17 bits per heavy atom. The lowest BCUT2D eigenvalue weighted by Gasteiger charge is -2.14. The SMILES string of the molecule is CC(N)C(O)c1cccc(Br)c1. The summed E-state index contributed by atoms with van der Waals surface area (Å²) in [7, 11) is 0. The number of benzene rings is 1. The summed E-state index contributed by atoms with van der Waals surface area (Å²) in [6.45, 7) is 1.78. The summed E-state index contributed by atoms with van der Waals surface area (Å²) in [5.41, 5.74) is 6.40. The van der Waals surface area contributed by atoms with Gasteiger partial charge in [-0.25, -0.2) is 0 Å². The monoisotopic (exact) mass is 229 g/mol. The van der Waals surface area contributed by atoms with E-state index in [0.29, 0.717) is 0 Å². The van der Waals surface area contributed by atoms with E-state index in [4.69, 9.17) is 5.73 Å². The Morgan fingerprint density at radius 3 is 2.67 bits per heavy atom. The molecule has 0 saturated carbocycles. The molecule has 12 heavy (non-hydrogen) atoms. The standard InChI is InChI=1S/C9H12BrNO/c1-6(11)9(12)7-3-2-4-8(10)5-7/h2-6,9,12H,11H2,1H3. The van der Waals surface area contributed by atoms with Gasteiger partial charge in [-0.05, 0) is 24.6 Å². The predicted molar refractivity (Wildman–Crippen MR) is 52.8 cm³/mol. The topological polar surface area (TPSA) is 46.2 Å². The second kappa shape index (κ2) is 4.03. The lowest BCUT2D eigenvalue weighted by Crippen LogP contribution is -2.24.